The maximum absolute atomic E-state index is 15.4. The molecule has 0 spiro atoms. The molecule has 0 radical (unpaired) electrons. The first-order valence-corrected chi connectivity index (χ1v) is 11.4. The van der Waals surface area contributed by atoms with Crippen LogP contribution in [0, 0.1) is 18.7 Å². The van der Waals surface area contributed by atoms with Crippen molar-refractivity contribution >= 4 is 23.8 Å². The number of carbonyl (C=O) groups is 3. The summed E-state index contributed by atoms with van der Waals surface area (Å²) in [6, 6.07) is 13.0. The van der Waals surface area contributed by atoms with Gasteiger partial charge in [0.1, 0.15) is 23.4 Å². The van der Waals surface area contributed by atoms with Crippen molar-refractivity contribution in [3.63, 3.8) is 0 Å². The molecule has 0 aliphatic rings. The zero-order valence-electron chi connectivity index (χ0n) is 21.0. The Hall–Kier alpha value is -4.40. The number of imide groups is 1. The van der Waals surface area contributed by atoms with Gasteiger partial charge in [0, 0.05) is 24.2 Å². The van der Waals surface area contributed by atoms with E-state index in [2.05, 4.69) is 5.10 Å². The van der Waals surface area contributed by atoms with Crippen LogP contribution in [0.2, 0.25) is 0 Å². The van der Waals surface area contributed by atoms with Crippen LogP contribution in [0.3, 0.4) is 0 Å². The van der Waals surface area contributed by atoms with Crippen molar-refractivity contribution in [1.29, 1.82) is 0 Å². The average molecular weight is 506 g/mol. The molecular weight excluding hydrogens is 480 g/mol. The molecule has 2 amide bonds. The molecule has 4 aromatic rings. The lowest BCUT2D eigenvalue weighted by Crippen LogP contribution is -2.38. The van der Waals surface area contributed by atoms with Gasteiger partial charge < -0.3 is 4.74 Å². The first-order valence-electron chi connectivity index (χ1n) is 11.4. The molecule has 9 heteroatoms. The molecule has 37 heavy (non-hydrogen) atoms. The number of nitrogens with zero attached hydrogens (tertiary/aromatic N) is 3. The number of rotatable bonds is 4. The number of hydrogen-bond donors (Lipinski definition) is 0. The number of aryl methyl sites for hydroxylation is 1. The van der Waals surface area contributed by atoms with Gasteiger partial charge in [-0.3, -0.25) is 9.59 Å². The van der Waals surface area contributed by atoms with Crippen LogP contribution >= 0.6 is 0 Å². The van der Waals surface area contributed by atoms with Gasteiger partial charge in [-0.2, -0.15) is 9.49 Å². The van der Waals surface area contributed by atoms with Gasteiger partial charge in [0.15, 0.2) is 0 Å². The van der Waals surface area contributed by atoms with E-state index in [1.807, 2.05) is 6.92 Å². The summed E-state index contributed by atoms with van der Waals surface area (Å²) >= 11 is 0. The van der Waals surface area contributed by atoms with Crippen LogP contribution in [-0.2, 0) is 4.74 Å². The van der Waals surface area contributed by atoms with E-state index >= 15 is 4.39 Å². The Bertz CT molecular complexity index is 1540. The van der Waals surface area contributed by atoms with E-state index in [9.17, 15) is 18.8 Å². The van der Waals surface area contributed by atoms with Gasteiger partial charge in [0.25, 0.3) is 5.91 Å². The van der Waals surface area contributed by atoms with Gasteiger partial charge in [-0.25, -0.2) is 18.6 Å². The zero-order valence-corrected chi connectivity index (χ0v) is 21.0. The number of pyridine rings is 1. The number of halogens is 2. The van der Waals surface area contributed by atoms with Crippen molar-refractivity contribution in [2.45, 2.75) is 33.3 Å². The number of hydrogen-bond acceptors (Lipinski definition) is 5. The van der Waals surface area contributed by atoms with E-state index in [-0.39, 0.29) is 16.8 Å². The molecule has 4 rings (SSSR count). The Morgan fingerprint density at radius 1 is 1.00 bits per heavy atom. The van der Waals surface area contributed by atoms with Crippen LogP contribution in [0.5, 0.6) is 0 Å². The fraction of sp³-hybridized carbons (Fsp3) is 0.214. The molecule has 0 atom stereocenters. The SMILES string of the molecule is Cc1ccc(C=O)cc1-c1cc(F)n2nc(-c3ccc(F)cc3)c(C(=O)N(C)C(=O)OC(C)(C)C)c2c1. The molecule has 0 N–H and O–H groups in total. The molecule has 2 aromatic heterocycles. The Morgan fingerprint density at radius 2 is 1.68 bits per heavy atom. The third-order valence-electron chi connectivity index (χ3n) is 5.70. The summed E-state index contributed by atoms with van der Waals surface area (Å²) in [6.07, 6.45) is -0.207. The number of benzene rings is 2. The van der Waals surface area contributed by atoms with Crippen LogP contribution in [0.1, 0.15) is 47.1 Å². The summed E-state index contributed by atoms with van der Waals surface area (Å²) < 4.78 is 35.3. The van der Waals surface area contributed by atoms with Crippen LogP contribution in [0.25, 0.3) is 27.9 Å². The normalized spacial score (nSPS) is 11.4. The number of fused-ring (bicyclic) bond motifs is 1. The highest BCUT2D eigenvalue weighted by Crippen LogP contribution is 2.33. The lowest BCUT2D eigenvalue weighted by atomic mass is 9.98. The van der Waals surface area contributed by atoms with Gasteiger partial charge in [-0.05, 0) is 80.8 Å². The van der Waals surface area contributed by atoms with Gasteiger partial charge >= 0.3 is 6.09 Å². The number of aromatic nitrogens is 2. The van der Waals surface area contributed by atoms with E-state index in [1.54, 1.807) is 45.0 Å². The highest BCUT2D eigenvalue weighted by Gasteiger charge is 2.31. The minimum Gasteiger partial charge on any atom is -0.443 e. The van der Waals surface area contributed by atoms with E-state index in [0.717, 1.165) is 15.0 Å². The standard InChI is InChI=1S/C28H25F2N3O4/c1-16-6-7-17(15-34)12-21(16)19-13-22-24(26(35)32(5)27(36)37-28(2,3)4)25(31-33(22)23(30)14-19)18-8-10-20(29)11-9-18/h6-15H,1-5H3. The quantitative estimate of drug-likeness (QED) is 0.248. The maximum atomic E-state index is 15.4. The van der Waals surface area contributed by atoms with Gasteiger partial charge in [-0.15, -0.1) is 0 Å². The van der Waals surface area contributed by atoms with Crippen LogP contribution in [-0.4, -0.2) is 45.4 Å². The van der Waals surface area contributed by atoms with Crippen LogP contribution in [0.15, 0.2) is 54.6 Å². The van der Waals surface area contributed by atoms with E-state index < -0.39 is 29.4 Å². The third-order valence-corrected chi connectivity index (χ3v) is 5.70. The smallest absolute Gasteiger partial charge is 0.417 e. The lowest BCUT2D eigenvalue weighted by molar-refractivity contribution is 0.0285. The fourth-order valence-electron chi connectivity index (χ4n) is 3.89. The number of ether oxygens (including phenoxy) is 1. The number of amides is 2. The topological polar surface area (TPSA) is 81.0 Å². The monoisotopic (exact) mass is 505 g/mol. The van der Waals surface area contributed by atoms with E-state index in [4.69, 9.17) is 4.74 Å². The third kappa shape index (κ3) is 5.11. The Morgan fingerprint density at radius 3 is 2.30 bits per heavy atom. The van der Waals surface area contributed by atoms with E-state index in [1.165, 1.54) is 37.4 Å². The molecule has 7 nitrogen and oxygen atoms in total. The summed E-state index contributed by atoms with van der Waals surface area (Å²) in [5, 5.41) is 4.30. The molecule has 190 valence electrons. The first kappa shape index (κ1) is 25.7. The molecule has 0 saturated carbocycles. The molecule has 0 saturated heterocycles. The van der Waals surface area contributed by atoms with Crippen molar-refractivity contribution in [2.24, 2.45) is 0 Å². The second kappa shape index (κ2) is 9.57. The van der Waals surface area contributed by atoms with Crippen molar-refractivity contribution in [1.82, 2.24) is 14.5 Å². The minimum absolute atomic E-state index is 0.0647. The van der Waals surface area contributed by atoms with Crippen LogP contribution < -0.4 is 0 Å². The molecule has 2 heterocycles. The fourth-order valence-corrected chi connectivity index (χ4v) is 3.89. The minimum atomic E-state index is -0.895. The first-order chi connectivity index (χ1) is 17.4. The Labute approximate surface area is 212 Å². The van der Waals surface area contributed by atoms with E-state index in [0.29, 0.717) is 28.5 Å². The second-order valence-corrected chi connectivity index (χ2v) is 9.63. The van der Waals surface area contributed by atoms with Gasteiger partial charge in [0.2, 0.25) is 5.95 Å². The molecule has 0 aliphatic carbocycles. The Balaban J connectivity index is 1.97. The molecule has 0 aliphatic heterocycles. The average Bonchev–Trinajstić information content (AvgIpc) is 3.22. The van der Waals surface area contributed by atoms with Crippen LogP contribution in [0.4, 0.5) is 13.6 Å². The summed E-state index contributed by atoms with van der Waals surface area (Å²) in [6.45, 7) is 6.81. The predicted molar refractivity (Wildman–Crippen MR) is 134 cm³/mol. The Kier molecular flexibility index (Phi) is 6.64. The highest BCUT2D eigenvalue weighted by molar-refractivity contribution is 6.11. The molecule has 0 fully saturated rings. The molecule has 0 unspecified atom stereocenters. The largest absolute Gasteiger partial charge is 0.443 e. The summed E-state index contributed by atoms with van der Waals surface area (Å²) in [7, 11) is 1.26. The number of aldehydes is 1. The summed E-state index contributed by atoms with van der Waals surface area (Å²) in [5.74, 6) is -2.05. The van der Waals surface area contributed by atoms with Crippen molar-refractivity contribution in [2.75, 3.05) is 7.05 Å². The number of carbonyl (C=O) groups excluding carboxylic acids is 3. The predicted octanol–water partition coefficient (Wildman–Crippen LogP) is 6.07. The molecular formula is C28H25F2N3O4. The second-order valence-electron chi connectivity index (χ2n) is 9.63. The van der Waals surface area contributed by atoms with Gasteiger partial charge in [0.05, 0.1) is 11.1 Å². The van der Waals surface area contributed by atoms with Crippen molar-refractivity contribution < 1.29 is 27.9 Å². The highest BCUT2D eigenvalue weighted by atomic mass is 19.1. The maximum Gasteiger partial charge on any atom is 0.417 e. The lowest BCUT2D eigenvalue weighted by Gasteiger charge is -2.23. The van der Waals surface area contributed by atoms with Crippen molar-refractivity contribution in [3.8, 4) is 22.4 Å². The van der Waals surface area contributed by atoms with Gasteiger partial charge in [-0.1, -0.05) is 12.1 Å². The summed E-state index contributed by atoms with van der Waals surface area (Å²) in [4.78, 5) is 38.5. The molecule has 2 aromatic carbocycles. The van der Waals surface area contributed by atoms with Crippen molar-refractivity contribution in [3.05, 3.63) is 83.1 Å². The molecule has 0 bridgehead atoms. The summed E-state index contributed by atoms with van der Waals surface area (Å²) in [5.41, 5.74) is 1.78. The zero-order chi connectivity index (χ0) is 27.1.